The van der Waals surface area contributed by atoms with Crippen molar-refractivity contribution in [3.63, 3.8) is 0 Å². The molecule has 0 atom stereocenters. The predicted octanol–water partition coefficient (Wildman–Crippen LogP) is 5.35. The van der Waals surface area contributed by atoms with Crippen molar-refractivity contribution < 1.29 is 9.72 Å². The highest BCUT2D eigenvalue weighted by molar-refractivity contribution is 9.10. The highest BCUT2D eigenvalue weighted by atomic mass is 79.9. The zero-order valence-corrected chi connectivity index (χ0v) is 16.3. The van der Waals surface area contributed by atoms with E-state index in [0.717, 1.165) is 4.47 Å². The summed E-state index contributed by atoms with van der Waals surface area (Å²) in [6.07, 6.45) is 0. The van der Waals surface area contributed by atoms with Crippen molar-refractivity contribution in [3.05, 3.63) is 56.0 Å². The number of nitrogens with one attached hydrogen (secondary N) is 1. The van der Waals surface area contributed by atoms with Gasteiger partial charge >= 0.3 is 0 Å². The van der Waals surface area contributed by atoms with Crippen molar-refractivity contribution in [2.45, 2.75) is 4.34 Å². The number of benzene rings is 2. The van der Waals surface area contributed by atoms with Crippen LogP contribution in [0.4, 0.5) is 11.4 Å². The summed E-state index contributed by atoms with van der Waals surface area (Å²) >= 11 is 12.0. The Morgan fingerprint density at radius 2 is 2.16 bits per heavy atom. The molecule has 6 nitrogen and oxygen atoms in total. The summed E-state index contributed by atoms with van der Waals surface area (Å²) in [6, 6.07) is 9.71. The molecule has 128 valence electrons. The molecule has 0 bridgehead atoms. The van der Waals surface area contributed by atoms with Gasteiger partial charge in [-0.25, -0.2) is 4.98 Å². The molecular weight excluding hydrogens is 450 g/mol. The highest BCUT2D eigenvalue weighted by Gasteiger charge is 2.12. The number of nitro groups is 1. The van der Waals surface area contributed by atoms with Gasteiger partial charge in [-0.05, 0) is 24.3 Å². The highest BCUT2D eigenvalue weighted by Crippen LogP contribution is 2.32. The van der Waals surface area contributed by atoms with Gasteiger partial charge in [0.1, 0.15) is 0 Å². The van der Waals surface area contributed by atoms with Gasteiger partial charge in [-0.1, -0.05) is 39.3 Å². The summed E-state index contributed by atoms with van der Waals surface area (Å²) in [7, 11) is 0. The van der Waals surface area contributed by atoms with E-state index < -0.39 is 4.92 Å². The molecule has 0 radical (unpaired) electrons. The van der Waals surface area contributed by atoms with E-state index in [9.17, 15) is 14.9 Å². The summed E-state index contributed by atoms with van der Waals surface area (Å²) in [5.74, 6) is -0.0478. The van der Waals surface area contributed by atoms with Crippen molar-refractivity contribution >= 4 is 78.1 Å². The number of hydrogen-bond acceptors (Lipinski definition) is 6. The van der Waals surface area contributed by atoms with Crippen LogP contribution < -0.4 is 5.32 Å². The van der Waals surface area contributed by atoms with Gasteiger partial charge in [0.25, 0.3) is 5.69 Å². The number of fused-ring (bicyclic) bond motifs is 1. The fourth-order valence-electron chi connectivity index (χ4n) is 1.97. The van der Waals surface area contributed by atoms with Gasteiger partial charge in [0.15, 0.2) is 4.34 Å². The van der Waals surface area contributed by atoms with Crippen molar-refractivity contribution in [1.82, 2.24) is 4.98 Å². The van der Waals surface area contributed by atoms with E-state index in [-0.39, 0.29) is 17.3 Å². The molecule has 3 aromatic rings. The Hall–Kier alpha value is -1.68. The first kappa shape index (κ1) is 18.1. The smallest absolute Gasteiger partial charge is 0.270 e. The van der Waals surface area contributed by atoms with Gasteiger partial charge in [-0.15, -0.1) is 11.3 Å². The number of nitro benzene ring substituents is 1. The zero-order valence-electron chi connectivity index (χ0n) is 12.4. The summed E-state index contributed by atoms with van der Waals surface area (Å²) in [5.41, 5.74) is 1.24. The van der Waals surface area contributed by atoms with Gasteiger partial charge < -0.3 is 5.32 Å². The Balaban J connectivity index is 1.65. The monoisotopic (exact) mass is 457 g/mol. The number of carbonyl (C=O) groups excluding carboxylic acids is 1. The van der Waals surface area contributed by atoms with Crippen LogP contribution in [0, 0.1) is 10.1 Å². The number of non-ortho nitro benzene ring substituents is 1. The van der Waals surface area contributed by atoms with Crippen LogP contribution in [0.3, 0.4) is 0 Å². The van der Waals surface area contributed by atoms with Crippen LogP contribution in [0.25, 0.3) is 10.2 Å². The molecule has 1 heterocycles. The van der Waals surface area contributed by atoms with Crippen molar-refractivity contribution in [2.75, 3.05) is 11.1 Å². The van der Waals surface area contributed by atoms with Crippen LogP contribution in [0.2, 0.25) is 5.02 Å². The number of anilines is 1. The number of thioether (sulfide) groups is 1. The Morgan fingerprint density at radius 3 is 2.88 bits per heavy atom. The van der Waals surface area contributed by atoms with Crippen LogP contribution in [-0.4, -0.2) is 21.6 Å². The lowest BCUT2D eigenvalue weighted by atomic mass is 10.3. The van der Waals surface area contributed by atoms with E-state index in [2.05, 4.69) is 26.2 Å². The van der Waals surface area contributed by atoms with Crippen LogP contribution >= 0.6 is 50.6 Å². The average molecular weight is 459 g/mol. The molecule has 2 aromatic carbocycles. The minimum atomic E-state index is -0.443. The maximum Gasteiger partial charge on any atom is 0.270 e. The predicted molar refractivity (Wildman–Crippen MR) is 105 cm³/mol. The number of amides is 1. The third-order valence-corrected chi connectivity index (χ3v) is 6.06. The molecule has 0 aliphatic rings. The number of aromatic nitrogens is 1. The van der Waals surface area contributed by atoms with E-state index >= 15 is 0 Å². The van der Waals surface area contributed by atoms with Gasteiger partial charge in [0, 0.05) is 16.6 Å². The summed E-state index contributed by atoms with van der Waals surface area (Å²) in [5, 5.41) is 14.0. The Labute approximate surface area is 163 Å². The Morgan fingerprint density at radius 1 is 1.36 bits per heavy atom. The number of rotatable bonds is 5. The van der Waals surface area contributed by atoms with Gasteiger partial charge in [0.05, 0.1) is 31.6 Å². The van der Waals surface area contributed by atoms with E-state index in [1.54, 1.807) is 24.3 Å². The van der Waals surface area contributed by atoms with Gasteiger partial charge in [-0.2, -0.15) is 0 Å². The molecule has 3 rings (SSSR count). The zero-order chi connectivity index (χ0) is 18.0. The normalized spacial score (nSPS) is 10.8. The molecule has 0 aliphatic carbocycles. The second-order valence-corrected chi connectivity index (χ2v) is 8.43. The van der Waals surface area contributed by atoms with E-state index in [4.69, 9.17) is 11.6 Å². The Kier molecular flexibility index (Phi) is 5.57. The van der Waals surface area contributed by atoms with Crippen molar-refractivity contribution in [2.24, 2.45) is 0 Å². The minimum Gasteiger partial charge on any atom is -0.324 e. The summed E-state index contributed by atoms with van der Waals surface area (Å²) < 4.78 is 2.22. The molecule has 1 aromatic heterocycles. The molecule has 0 fully saturated rings. The lowest BCUT2D eigenvalue weighted by Crippen LogP contribution is -2.14. The standard InChI is InChI=1S/C15H9BrClN3O3S2/c16-8-1-3-11(10(17)5-8)18-14(21)7-24-15-19-12-4-2-9(20(22)23)6-13(12)25-15/h1-6H,7H2,(H,18,21). The third-order valence-electron chi connectivity index (χ3n) is 3.10. The quantitative estimate of drug-likeness (QED) is 0.316. The Bertz CT molecular complexity index is 980. The van der Waals surface area contributed by atoms with Crippen LogP contribution in [0.5, 0.6) is 0 Å². The van der Waals surface area contributed by atoms with E-state index in [0.29, 0.717) is 25.3 Å². The molecule has 0 aliphatic heterocycles. The number of hydrogen-bond donors (Lipinski definition) is 1. The van der Waals surface area contributed by atoms with Gasteiger partial charge in [0.2, 0.25) is 5.91 Å². The second-order valence-electron chi connectivity index (χ2n) is 4.85. The number of halogens is 2. The molecule has 0 saturated heterocycles. The summed E-state index contributed by atoms with van der Waals surface area (Å²) in [4.78, 5) is 26.8. The number of thiazole rings is 1. The first-order valence-corrected chi connectivity index (χ1v) is 9.82. The topological polar surface area (TPSA) is 85.1 Å². The molecule has 1 amide bonds. The molecular formula is C15H9BrClN3O3S2. The minimum absolute atomic E-state index is 0.0234. The average Bonchev–Trinajstić information content (AvgIpc) is 2.97. The third kappa shape index (κ3) is 4.49. The maximum absolute atomic E-state index is 12.1. The number of nitrogens with zero attached hydrogens (tertiary/aromatic N) is 2. The molecule has 1 N–H and O–H groups in total. The lowest BCUT2D eigenvalue weighted by molar-refractivity contribution is -0.384. The molecule has 0 spiro atoms. The van der Waals surface area contributed by atoms with Crippen molar-refractivity contribution in [3.8, 4) is 0 Å². The largest absolute Gasteiger partial charge is 0.324 e. The molecule has 10 heteroatoms. The first-order chi connectivity index (χ1) is 11.9. The molecule has 0 unspecified atom stereocenters. The first-order valence-electron chi connectivity index (χ1n) is 6.85. The fraction of sp³-hybridized carbons (Fsp3) is 0.0667. The van der Waals surface area contributed by atoms with Crippen LogP contribution in [0.15, 0.2) is 45.2 Å². The van der Waals surface area contributed by atoms with Crippen LogP contribution in [-0.2, 0) is 4.79 Å². The maximum atomic E-state index is 12.1. The van der Waals surface area contributed by atoms with Crippen molar-refractivity contribution in [1.29, 1.82) is 0 Å². The fourth-order valence-corrected chi connectivity index (χ4v) is 4.59. The van der Waals surface area contributed by atoms with Gasteiger partial charge in [-0.3, -0.25) is 14.9 Å². The van der Waals surface area contributed by atoms with E-state index in [1.165, 1.54) is 35.2 Å². The number of carbonyl (C=O) groups is 1. The SMILES string of the molecule is O=C(CSc1nc2ccc([N+](=O)[O-])cc2s1)Nc1ccc(Br)cc1Cl. The second kappa shape index (κ2) is 7.69. The molecule has 0 saturated carbocycles. The molecule has 25 heavy (non-hydrogen) atoms. The summed E-state index contributed by atoms with van der Waals surface area (Å²) in [6.45, 7) is 0. The van der Waals surface area contributed by atoms with E-state index in [1.807, 2.05) is 0 Å². The lowest BCUT2D eigenvalue weighted by Gasteiger charge is -2.06. The van der Waals surface area contributed by atoms with Crippen LogP contribution in [0.1, 0.15) is 0 Å².